The molecule has 0 amide bonds. The molecule has 0 spiro atoms. The van der Waals surface area contributed by atoms with E-state index in [4.69, 9.17) is 0 Å². The average molecular weight is 187 g/mol. The minimum atomic E-state index is 1.05. The third kappa shape index (κ3) is 1.87. The first-order valence-electron chi connectivity index (χ1n) is 4.72. The topological polar surface area (TPSA) is 15.8 Å². The molecular formula is C13H17N. The Labute approximate surface area is 85.9 Å². The Morgan fingerprint density at radius 2 is 1.79 bits per heavy atom. The second kappa shape index (κ2) is 4.14. The van der Waals surface area contributed by atoms with Gasteiger partial charge in [0.05, 0.1) is 0 Å². The lowest BCUT2D eigenvalue weighted by molar-refractivity contribution is 1.24. The first kappa shape index (κ1) is 10.6. The number of rotatable bonds is 3. The molecule has 0 saturated carbocycles. The van der Waals surface area contributed by atoms with Crippen LogP contribution in [0.3, 0.4) is 0 Å². The first-order valence-corrected chi connectivity index (χ1v) is 4.72. The highest BCUT2D eigenvalue weighted by Gasteiger charge is 2.07. The van der Waals surface area contributed by atoms with E-state index in [0.29, 0.717) is 0 Å². The number of aromatic amines is 1. The van der Waals surface area contributed by atoms with Gasteiger partial charge in [-0.2, -0.15) is 0 Å². The van der Waals surface area contributed by atoms with Crippen LogP contribution >= 0.6 is 0 Å². The number of allylic oxidation sites excluding steroid dienone is 1. The van der Waals surface area contributed by atoms with Crippen molar-refractivity contribution in [3.63, 3.8) is 0 Å². The smallest absolute Gasteiger partial charge is 0.0456 e. The molecule has 74 valence electrons. The van der Waals surface area contributed by atoms with Crippen LogP contribution in [-0.4, -0.2) is 4.98 Å². The van der Waals surface area contributed by atoms with E-state index >= 15 is 0 Å². The Hall–Kier alpha value is -1.50. The van der Waals surface area contributed by atoms with E-state index in [-0.39, 0.29) is 0 Å². The summed E-state index contributed by atoms with van der Waals surface area (Å²) in [5, 5.41) is 0. The minimum Gasteiger partial charge on any atom is -0.358 e. The van der Waals surface area contributed by atoms with Gasteiger partial charge in [0, 0.05) is 22.5 Å². The van der Waals surface area contributed by atoms with Crippen LogP contribution < -0.4 is 0 Å². The van der Waals surface area contributed by atoms with E-state index < -0.39 is 0 Å². The molecule has 0 unspecified atom stereocenters. The molecule has 1 nitrogen and oxygen atoms in total. The van der Waals surface area contributed by atoms with Crippen molar-refractivity contribution in [2.24, 2.45) is 0 Å². The fraction of sp³-hybridized carbons (Fsp3) is 0.231. The van der Waals surface area contributed by atoms with E-state index in [2.05, 4.69) is 45.0 Å². The van der Waals surface area contributed by atoms with Gasteiger partial charge in [0.1, 0.15) is 0 Å². The monoisotopic (exact) mass is 187 g/mol. The standard InChI is InChI=1S/C13H17N/c1-6-11-12(8-9(3)4)10(5)14-13(11)7-2/h6-8,14H,1-2H2,3-5H3. The molecule has 1 aromatic heterocycles. The van der Waals surface area contributed by atoms with Crippen molar-refractivity contribution >= 4 is 18.2 Å². The molecule has 1 aromatic rings. The molecule has 1 heterocycles. The Bertz CT molecular complexity index is 388. The van der Waals surface area contributed by atoms with Gasteiger partial charge in [-0.3, -0.25) is 0 Å². The Balaban J connectivity index is 3.40. The number of aryl methyl sites for hydroxylation is 1. The Morgan fingerprint density at radius 1 is 1.14 bits per heavy atom. The van der Waals surface area contributed by atoms with Gasteiger partial charge in [-0.25, -0.2) is 0 Å². The summed E-state index contributed by atoms with van der Waals surface area (Å²) in [5.74, 6) is 0. The van der Waals surface area contributed by atoms with Crippen LogP contribution in [0.25, 0.3) is 18.2 Å². The van der Waals surface area contributed by atoms with Gasteiger partial charge in [-0.1, -0.05) is 30.9 Å². The molecule has 14 heavy (non-hydrogen) atoms. The summed E-state index contributed by atoms with van der Waals surface area (Å²) in [6.07, 6.45) is 5.86. The van der Waals surface area contributed by atoms with Gasteiger partial charge in [0.15, 0.2) is 0 Å². The molecule has 0 aliphatic heterocycles. The van der Waals surface area contributed by atoms with Crippen LogP contribution in [0.15, 0.2) is 18.7 Å². The largest absolute Gasteiger partial charge is 0.358 e. The molecule has 1 heteroatoms. The summed E-state index contributed by atoms with van der Waals surface area (Å²) >= 11 is 0. The van der Waals surface area contributed by atoms with E-state index in [1.807, 2.05) is 12.2 Å². The lowest BCUT2D eigenvalue weighted by Crippen LogP contribution is -1.78. The maximum absolute atomic E-state index is 3.82. The molecule has 1 N–H and O–H groups in total. The predicted octanol–water partition coefficient (Wildman–Crippen LogP) is 4.03. The normalized spacial score (nSPS) is 9.64. The summed E-state index contributed by atoms with van der Waals surface area (Å²) in [6, 6.07) is 0. The zero-order valence-corrected chi connectivity index (χ0v) is 9.15. The quantitative estimate of drug-likeness (QED) is 0.735. The molecule has 0 aromatic carbocycles. The van der Waals surface area contributed by atoms with Gasteiger partial charge in [0.2, 0.25) is 0 Å². The van der Waals surface area contributed by atoms with Crippen molar-refractivity contribution in [3.05, 3.63) is 41.2 Å². The second-order valence-corrected chi connectivity index (χ2v) is 3.62. The number of H-pyrrole nitrogens is 1. The van der Waals surface area contributed by atoms with Gasteiger partial charge in [0.25, 0.3) is 0 Å². The van der Waals surface area contributed by atoms with Crippen LogP contribution in [0.5, 0.6) is 0 Å². The molecule has 0 saturated heterocycles. The summed E-state index contributed by atoms with van der Waals surface area (Å²) in [6.45, 7) is 13.8. The van der Waals surface area contributed by atoms with Gasteiger partial charge in [-0.15, -0.1) is 0 Å². The average Bonchev–Trinajstić information content (AvgIpc) is 2.42. The summed E-state index contributed by atoms with van der Waals surface area (Å²) in [4.78, 5) is 3.29. The van der Waals surface area contributed by atoms with Crippen molar-refractivity contribution in [2.75, 3.05) is 0 Å². The van der Waals surface area contributed by atoms with E-state index in [9.17, 15) is 0 Å². The number of hydrogen-bond donors (Lipinski definition) is 1. The SMILES string of the molecule is C=Cc1[nH]c(C)c(C=C(C)C)c1C=C. The molecule has 0 fully saturated rings. The third-order valence-corrected chi connectivity index (χ3v) is 2.15. The van der Waals surface area contributed by atoms with Gasteiger partial charge in [-0.05, 0) is 26.8 Å². The van der Waals surface area contributed by atoms with Crippen LogP contribution in [0, 0.1) is 6.92 Å². The van der Waals surface area contributed by atoms with Crippen molar-refractivity contribution in [1.29, 1.82) is 0 Å². The lowest BCUT2D eigenvalue weighted by Gasteiger charge is -1.96. The molecule has 0 aliphatic carbocycles. The van der Waals surface area contributed by atoms with Crippen LogP contribution in [0.4, 0.5) is 0 Å². The number of nitrogens with one attached hydrogen (secondary N) is 1. The summed E-state index contributed by atoms with van der Waals surface area (Å²) < 4.78 is 0. The van der Waals surface area contributed by atoms with E-state index in [1.54, 1.807) is 0 Å². The Morgan fingerprint density at radius 3 is 2.21 bits per heavy atom. The zero-order chi connectivity index (χ0) is 10.7. The van der Waals surface area contributed by atoms with Crippen molar-refractivity contribution in [1.82, 2.24) is 4.98 Å². The zero-order valence-electron chi connectivity index (χ0n) is 9.15. The highest BCUT2D eigenvalue weighted by atomic mass is 14.7. The third-order valence-electron chi connectivity index (χ3n) is 2.15. The van der Waals surface area contributed by atoms with E-state index in [1.165, 1.54) is 11.1 Å². The Kier molecular flexibility index (Phi) is 3.13. The van der Waals surface area contributed by atoms with Crippen molar-refractivity contribution < 1.29 is 0 Å². The van der Waals surface area contributed by atoms with E-state index in [0.717, 1.165) is 17.0 Å². The predicted molar refractivity (Wildman–Crippen MR) is 65.0 cm³/mol. The molecule has 0 atom stereocenters. The number of hydrogen-bond acceptors (Lipinski definition) is 0. The second-order valence-electron chi connectivity index (χ2n) is 3.62. The van der Waals surface area contributed by atoms with Crippen LogP contribution in [0.1, 0.15) is 36.4 Å². The molecule has 0 bridgehead atoms. The summed E-state index contributed by atoms with van der Waals surface area (Å²) in [7, 11) is 0. The fourth-order valence-electron chi connectivity index (χ4n) is 1.54. The minimum absolute atomic E-state index is 1.05. The van der Waals surface area contributed by atoms with Crippen LogP contribution in [0.2, 0.25) is 0 Å². The molecule has 1 rings (SSSR count). The maximum atomic E-state index is 3.82. The van der Waals surface area contributed by atoms with Gasteiger partial charge < -0.3 is 4.98 Å². The highest BCUT2D eigenvalue weighted by molar-refractivity contribution is 5.74. The van der Waals surface area contributed by atoms with Crippen LogP contribution in [-0.2, 0) is 0 Å². The van der Waals surface area contributed by atoms with Gasteiger partial charge >= 0.3 is 0 Å². The lowest BCUT2D eigenvalue weighted by atomic mass is 10.1. The molecule has 0 radical (unpaired) electrons. The van der Waals surface area contributed by atoms with Crippen molar-refractivity contribution in [2.45, 2.75) is 20.8 Å². The summed E-state index contributed by atoms with van der Waals surface area (Å²) in [5.41, 5.74) is 5.85. The van der Waals surface area contributed by atoms with Crippen molar-refractivity contribution in [3.8, 4) is 0 Å². The fourth-order valence-corrected chi connectivity index (χ4v) is 1.54. The first-order chi connectivity index (χ1) is 6.60. The molecular weight excluding hydrogens is 170 g/mol. The number of aromatic nitrogens is 1. The highest BCUT2D eigenvalue weighted by Crippen LogP contribution is 2.23. The maximum Gasteiger partial charge on any atom is 0.0456 e. The molecule has 0 aliphatic rings.